The van der Waals surface area contributed by atoms with Crippen molar-refractivity contribution in [2.24, 2.45) is 11.8 Å². The van der Waals surface area contributed by atoms with Crippen LogP contribution >= 0.6 is 0 Å². The molecule has 3 rings (SSSR count). The lowest BCUT2D eigenvalue weighted by atomic mass is 9.80. The van der Waals surface area contributed by atoms with E-state index in [1.165, 1.54) is 12.5 Å². The molecule has 2 atom stereocenters. The van der Waals surface area contributed by atoms with Gasteiger partial charge >= 0.3 is 0 Å². The van der Waals surface area contributed by atoms with Gasteiger partial charge in [-0.05, 0) is 49.3 Å². The summed E-state index contributed by atoms with van der Waals surface area (Å²) in [6, 6.07) is 5.02. The molecule has 0 radical (unpaired) electrons. The zero-order valence-corrected chi connectivity index (χ0v) is 11.4. The largest absolute Gasteiger partial charge is 0.369 e. The first kappa shape index (κ1) is 12.5. The van der Waals surface area contributed by atoms with Crippen LogP contribution in [0.2, 0.25) is 0 Å². The van der Waals surface area contributed by atoms with Crippen LogP contribution in [0.3, 0.4) is 0 Å². The lowest BCUT2D eigenvalue weighted by Gasteiger charge is -2.33. The Hall–Kier alpha value is -1.58. The molecule has 0 aliphatic heterocycles. The molecule has 102 valence electrons. The van der Waals surface area contributed by atoms with Crippen molar-refractivity contribution in [1.29, 1.82) is 0 Å². The Labute approximate surface area is 112 Å². The normalized spacial score (nSPS) is 27.8. The van der Waals surface area contributed by atoms with Crippen molar-refractivity contribution in [1.82, 2.24) is 9.55 Å². The van der Waals surface area contributed by atoms with Crippen LogP contribution in [-0.2, 0) is 0 Å². The summed E-state index contributed by atoms with van der Waals surface area (Å²) in [4.78, 5) is 4.35. The van der Waals surface area contributed by atoms with Gasteiger partial charge in [-0.3, -0.25) is 0 Å². The van der Waals surface area contributed by atoms with Gasteiger partial charge in [-0.15, -0.1) is 0 Å². The van der Waals surface area contributed by atoms with Gasteiger partial charge in [-0.2, -0.15) is 0 Å². The molecule has 1 saturated carbocycles. The van der Waals surface area contributed by atoms with Gasteiger partial charge in [0, 0.05) is 6.04 Å². The van der Waals surface area contributed by atoms with E-state index in [1.807, 2.05) is 4.57 Å². The molecule has 3 nitrogen and oxygen atoms in total. The van der Waals surface area contributed by atoms with Crippen LogP contribution in [-0.4, -0.2) is 9.55 Å². The maximum absolute atomic E-state index is 13.5. The molecule has 1 aromatic heterocycles. The maximum atomic E-state index is 13.5. The van der Waals surface area contributed by atoms with E-state index in [1.54, 1.807) is 12.1 Å². The fraction of sp³-hybridized carbons (Fsp3) is 0.533. The molecular weight excluding hydrogens is 241 g/mol. The predicted octanol–water partition coefficient (Wildman–Crippen LogP) is 3.75. The van der Waals surface area contributed by atoms with Gasteiger partial charge in [-0.25, -0.2) is 9.37 Å². The van der Waals surface area contributed by atoms with Gasteiger partial charge in [-0.1, -0.05) is 13.8 Å². The van der Waals surface area contributed by atoms with Crippen molar-refractivity contribution in [3.63, 3.8) is 0 Å². The summed E-state index contributed by atoms with van der Waals surface area (Å²) < 4.78 is 15.5. The topological polar surface area (TPSA) is 43.8 Å². The lowest BCUT2D eigenvalue weighted by Crippen LogP contribution is -2.23. The summed E-state index contributed by atoms with van der Waals surface area (Å²) in [6.45, 7) is 4.55. The first-order valence-corrected chi connectivity index (χ1v) is 6.97. The van der Waals surface area contributed by atoms with Crippen molar-refractivity contribution in [3.8, 4) is 0 Å². The summed E-state index contributed by atoms with van der Waals surface area (Å²) in [5, 5.41) is 0. The van der Waals surface area contributed by atoms with Crippen molar-refractivity contribution >= 4 is 17.0 Å². The molecular formula is C15H20FN3. The van der Waals surface area contributed by atoms with Crippen molar-refractivity contribution in [3.05, 3.63) is 24.0 Å². The van der Waals surface area contributed by atoms with Gasteiger partial charge in [0.15, 0.2) is 0 Å². The average Bonchev–Trinajstić information content (AvgIpc) is 2.63. The minimum absolute atomic E-state index is 0.231. The van der Waals surface area contributed by atoms with Crippen molar-refractivity contribution in [2.45, 2.75) is 39.2 Å². The number of aromatic nitrogens is 2. The van der Waals surface area contributed by atoms with Gasteiger partial charge < -0.3 is 10.3 Å². The number of halogens is 1. The van der Waals surface area contributed by atoms with Crippen LogP contribution in [0.25, 0.3) is 11.0 Å². The lowest BCUT2D eigenvalue weighted by molar-refractivity contribution is 0.226. The van der Waals surface area contributed by atoms with Crippen LogP contribution in [0.4, 0.5) is 10.3 Å². The van der Waals surface area contributed by atoms with E-state index in [2.05, 4.69) is 18.8 Å². The number of hydrogen-bond donors (Lipinski definition) is 1. The summed E-state index contributed by atoms with van der Waals surface area (Å²) in [5.74, 6) is 1.63. The average molecular weight is 261 g/mol. The van der Waals surface area contributed by atoms with Crippen LogP contribution < -0.4 is 5.73 Å². The van der Waals surface area contributed by atoms with E-state index in [4.69, 9.17) is 5.73 Å². The van der Waals surface area contributed by atoms with E-state index in [-0.39, 0.29) is 5.82 Å². The summed E-state index contributed by atoms with van der Waals surface area (Å²) in [7, 11) is 0. The zero-order valence-electron chi connectivity index (χ0n) is 11.4. The summed E-state index contributed by atoms with van der Waals surface area (Å²) in [5.41, 5.74) is 7.66. The number of benzene rings is 1. The van der Waals surface area contributed by atoms with Gasteiger partial charge in [0.2, 0.25) is 5.95 Å². The fourth-order valence-corrected chi connectivity index (χ4v) is 3.58. The highest BCUT2D eigenvalue weighted by Gasteiger charge is 2.27. The molecule has 2 unspecified atom stereocenters. The van der Waals surface area contributed by atoms with Crippen molar-refractivity contribution < 1.29 is 4.39 Å². The molecule has 1 aromatic carbocycles. The number of nitrogen functional groups attached to an aromatic ring is 1. The van der Waals surface area contributed by atoms with Gasteiger partial charge in [0.25, 0.3) is 0 Å². The van der Waals surface area contributed by atoms with E-state index in [9.17, 15) is 4.39 Å². The fourth-order valence-electron chi connectivity index (χ4n) is 3.58. The van der Waals surface area contributed by atoms with E-state index >= 15 is 0 Å². The van der Waals surface area contributed by atoms with Crippen LogP contribution in [0.1, 0.15) is 39.2 Å². The molecule has 1 aliphatic carbocycles. The molecule has 2 aromatic rings. The standard InChI is InChI=1S/C15H20FN3/c1-9-5-10(2)7-12(6-9)19-14-8-11(16)3-4-13(14)18-15(19)17/h3-4,8-10,12H,5-7H2,1-2H3,(H2,17,18). The molecule has 1 heterocycles. The minimum Gasteiger partial charge on any atom is -0.369 e. The monoisotopic (exact) mass is 261 g/mol. The third kappa shape index (κ3) is 2.20. The van der Waals surface area contributed by atoms with Crippen LogP contribution in [0.5, 0.6) is 0 Å². The molecule has 0 amide bonds. The summed E-state index contributed by atoms with van der Waals surface area (Å²) in [6.07, 6.45) is 3.45. The second kappa shape index (κ2) is 4.51. The Kier molecular flexibility index (Phi) is 2.96. The minimum atomic E-state index is -0.231. The SMILES string of the molecule is CC1CC(C)CC(n2c(N)nc3ccc(F)cc32)C1. The Morgan fingerprint density at radius 3 is 2.58 bits per heavy atom. The molecule has 4 heteroatoms. The Morgan fingerprint density at radius 2 is 1.89 bits per heavy atom. The highest BCUT2D eigenvalue weighted by atomic mass is 19.1. The molecule has 0 spiro atoms. The smallest absolute Gasteiger partial charge is 0.201 e. The van der Waals surface area contributed by atoms with E-state index in [0.29, 0.717) is 23.8 Å². The third-order valence-corrected chi connectivity index (χ3v) is 4.20. The molecule has 2 N–H and O–H groups in total. The first-order chi connectivity index (χ1) is 9.04. The Morgan fingerprint density at radius 1 is 1.21 bits per heavy atom. The molecule has 1 aliphatic rings. The van der Waals surface area contributed by atoms with Crippen LogP contribution in [0.15, 0.2) is 18.2 Å². The predicted molar refractivity (Wildman–Crippen MR) is 75.3 cm³/mol. The molecule has 0 bridgehead atoms. The Balaban J connectivity index is 2.08. The third-order valence-electron chi connectivity index (χ3n) is 4.20. The summed E-state index contributed by atoms with van der Waals surface area (Å²) >= 11 is 0. The number of fused-ring (bicyclic) bond motifs is 1. The van der Waals surface area contributed by atoms with E-state index in [0.717, 1.165) is 23.9 Å². The maximum Gasteiger partial charge on any atom is 0.201 e. The molecule has 1 fully saturated rings. The highest BCUT2D eigenvalue weighted by molar-refractivity contribution is 5.78. The highest BCUT2D eigenvalue weighted by Crippen LogP contribution is 2.38. The second-order valence-electron chi connectivity index (χ2n) is 6.04. The van der Waals surface area contributed by atoms with E-state index < -0.39 is 0 Å². The van der Waals surface area contributed by atoms with Gasteiger partial charge in [0.05, 0.1) is 11.0 Å². The van der Waals surface area contributed by atoms with Crippen molar-refractivity contribution in [2.75, 3.05) is 5.73 Å². The number of hydrogen-bond acceptors (Lipinski definition) is 2. The molecule has 0 saturated heterocycles. The quantitative estimate of drug-likeness (QED) is 0.849. The number of nitrogens with two attached hydrogens (primary N) is 1. The second-order valence-corrected chi connectivity index (χ2v) is 6.04. The Bertz CT molecular complexity index is 595. The number of rotatable bonds is 1. The first-order valence-electron chi connectivity index (χ1n) is 6.97. The molecule has 19 heavy (non-hydrogen) atoms. The zero-order chi connectivity index (χ0) is 13.6. The number of imidazole rings is 1. The van der Waals surface area contributed by atoms with Crippen LogP contribution in [0, 0.1) is 17.7 Å². The number of anilines is 1. The number of nitrogens with zero attached hydrogens (tertiary/aromatic N) is 2. The van der Waals surface area contributed by atoms with Gasteiger partial charge in [0.1, 0.15) is 5.82 Å².